The lowest BCUT2D eigenvalue weighted by atomic mass is 10.2. The van der Waals surface area contributed by atoms with E-state index in [-0.39, 0.29) is 16.3 Å². The number of halogens is 1. The number of nitrogens with zero attached hydrogens (tertiary/aromatic N) is 2. The summed E-state index contributed by atoms with van der Waals surface area (Å²) in [5.41, 5.74) is 0. The smallest absolute Gasteiger partial charge is 0.261 e. The van der Waals surface area contributed by atoms with E-state index < -0.39 is 10.0 Å². The first-order valence-electron chi connectivity index (χ1n) is 5.79. The van der Waals surface area contributed by atoms with E-state index in [9.17, 15) is 8.42 Å². The molecule has 0 aliphatic carbocycles. The van der Waals surface area contributed by atoms with E-state index in [2.05, 4.69) is 9.71 Å². The molecule has 102 valence electrons. The predicted octanol–water partition coefficient (Wildman–Crippen LogP) is 0.921. The van der Waals surface area contributed by atoms with Crippen LogP contribution >= 0.6 is 11.6 Å². The van der Waals surface area contributed by atoms with Crippen molar-refractivity contribution in [2.75, 3.05) is 13.2 Å². The van der Waals surface area contributed by atoms with Crippen molar-refractivity contribution in [3.05, 3.63) is 11.5 Å². The number of nitrogens with one attached hydrogen (secondary N) is 1. The van der Waals surface area contributed by atoms with E-state index in [1.807, 2.05) is 0 Å². The number of hydrogen-bond acceptors (Lipinski definition) is 4. The molecule has 1 aromatic heterocycles. The van der Waals surface area contributed by atoms with Gasteiger partial charge in [0, 0.05) is 20.2 Å². The first-order chi connectivity index (χ1) is 8.50. The van der Waals surface area contributed by atoms with Gasteiger partial charge in [-0.2, -0.15) is 0 Å². The number of ether oxygens (including phenoxy) is 1. The van der Waals surface area contributed by atoms with E-state index in [1.165, 1.54) is 10.9 Å². The van der Waals surface area contributed by atoms with Gasteiger partial charge in [-0.05, 0) is 19.3 Å². The van der Waals surface area contributed by atoms with Crippen LogP contribution in [0.4, 0.5) is 0 Å². The van der Waals surface area contributed by atoms with Gasteiger partial charge in [-0.1, -0.05) is 11.6 Å². The number of rotatable bonds is 5. The third-order valence-electron chi connectivity index (χ3n) is 2.87. The van der Waals surface area contributed by atoms with Gasteiger partial charge in [0.2, 0.25) is 5.03 Å². The summed E-state index contributed by atoms with van der Waals surface area (Å²) in [4.78, 5) is 3.79. The normalized spacial score (nSPS) is 20.4. The molecule has 0 saturated carbocycles. The van der Waals surface area contributed by atoms with Crippen LogP contribution in [0.15, 0.2) is 11.4 Å². The maximum atomic E-state index is 11.9. The average Bonchev–Trinajstić information content (AvgIpc) is 2.91. The van der Waals surface area contributed by atoms with Crippen LogP contribution in [-0.4, -0.2) is 37.2 Å². The van der Waals surface area contributed by atoms with Gasteiger partial charge in [0.15, 0.2) is 0 Å². The van der Waals surface area contributed by atoms with Gasteiger partial charge in [0.05, 0.1) is 12.4 Å². The molecule has 2 rings (SSSR count). The van der Waals surface area contributed by atoms with Gasteiger partial charge in [-0.25, -0.2) is 18.1 Å². The SMILES string of the molecule is Cn1cnc(S(=O)(=O)NCCC2CCCO2)c1Cl. The molecule has 1 aromatic rings. The first kappa shape index (κ1) is 13.8. The van der Waals surface area contributed by atoms with E-state index in [0.29, 0.717) is 13.0 Å². The van der Waals surface area contributed by atoms with Gasteiger partial charge in [0.1, 0.15) is 5.15 Å². The Morgan fingerprint density at radius 3 is 3.00 bits per heavy atom. The van der Waals surface area contributed by atoms with Gasteiger partial charge < -0.3 is 9.30 Å². The number of hydrogen-bond donors (Lipinski definition) is 1. The minimum absolute atomic E-state index is 0.111. The van der Waals surface area contributed by atoms with Crippen molar-refractivity contribution in [2.45, 2.75) is 30.4 Å². The van der Waals surface area contributed by atoms with Crippen LogP contribution in [0.2, 0.25) is 5.15 Å². The lowest BCUT2D eigenvalue weighted by Gasteiger charge is -2.09. The molecule has 1 unspecified atom stereocenters. The van der Waals surface area contributed by atoms with E-state index in [0.717, 1.165) is 19.4 Å². The molecule has 1 N–H and O–H groups in total. The van der Waals surface area contributed by atoms with Crippen LogP contribution in [0.25, 0.3) is 0 Å². The molecule has 0 aromatic carbocycles. The fraction of sp³-hybridized carbons (Fsp3) is 0.700. The van der Waals surface area contributed by atoms with Crippen LogP contribution in [0.3, 0.4) is 0 Å². The Morgan fingerprint density at radius 2 is 2.44 bits per heavy atom. The summed E-state index contributed by atoms with van der Waals surface area (Å²) < 4.78 is 33.2. The first-order valence-corrected chi connectivity index (χ1v) is 7.65. The molecule has 0 spiro atoms. The Bertz CT molecular complexity index is 508. The molecule has 1 fully saturated rings. The summed E-state index contributed by atoms with van der Waals surface area (Å²) in [7, 11) is -1.99. The van der Waals surface area contributed by atoms with Crippen LogP contribution < -0.4 is 4.72 Å². The summed E-state index contributed by atoms with van der Waals surface area (Å²) in [6, 6.07) is 0. The number of imidazole rings is 1. The van der Waals surface area contributed by atoms with E-state index in [1.54, 1.807) is 7.05 Å². The molecule has 0 bridgehead atoms. The van der Waals surface area contributed by atoms with Gasteiger partial charge in [0.25, 0.3) is 10.0 Å². The Hall–Kier alpha value is -0.630. The molecule has 1 aliphatic rings. The molecular weight excluding hydrogens is 278 g/mol. The average molecular weight is 294 g/mol. The molecule has 1 saturated heterocycles. The Morgan fingerprint density at radius 1 is 1.67 bits per heavy atom. The highest BCUT2D eigenvalue weighted by atomic mass is 35.5. The second-order valence-corrected chi connectivity index (χ2v) is 6.31. The molecule has 0 radical (unpaired) electrons. The highest BCUT2D eigenvalue weighted by Gasteiger charge is 2.23. The van der Waals surface area contributed by atoms with Gasteiger partial charge in [-0.15, -0.1) is 0 Å². The van der Waals surface area contributed by atoms with Crippen molar-refractivity contribution in [3.63, 3.8) is 0 Å². The molecule has 6 nitrogen and oxygen atoms in total. The highest BCUT2D eigenvalue weighted by molar-refractivity contribution is 7.89. The van der Waals surface area contributed by atoms with Crippen LogP contribution in [0, 0.1) is 0 Å². The largest absolute Gasteiger partial charge is 0.378 e. The third kappa shape index (κ3) is 3.03. The summed E-state index contributed by atoms with van der Waals surface area (Å²) in [5.74, 6) is 0. The van der Waals surface area contributed by atoms with Crippen LogP contribution in [-0.2, 0) is 21.8 Å². The summed E-state index contributed by atoms with van der Waals surface area (Å²) in [6.45, 7) is 1.10. The zero-order valence-corrected chi connectivity index (χ0v) is 11.7. The minimum Gasteiger partial charge on any atom is -0.378 e. The summed E-state index contributed by atoms with van der Waals surface area (Å²) >= 11 is 5.86. The molecule has 0 amide bonds. The lowest BCUT2D eigenvalue weighted by Crippen LogP contribution is -2.27. The van der Waals surface area contributed by atoms with Crippen molar-refractivity contribution >= 4 is 21.6 Å². The van der Waals surface area contributed by atoms with Crippen molar-refractivity contribution in [1.82, 2.24) is 14.3 Å². The topological polar surface area (TPSA) is 73.2 Å². The second-order valence-electron chi connectivity index (χ2n) is 4.27. The predicted molar refractivity (Wildman–Crippen MR) is 67.0 cm³/mol. The van der Waals surface area contributed by atoms with Gasteiger partial charge >= 0.3 is 0 Å². The second kappa shape index (κ2) is 5.56. The maximum absolute atomic E-state index is 11.9. The number of aryl methyl sites for hydroxylation is 1. The molecule has 1 atom stereocenters. The Balaban J connectivity index is 1.93. The van der Waals surface area contributed by atoms with E-state index in [4.69, 9.17) is 16.3 Å². The quantitative estimate of drug-likeness (QED) is 0.876. The lowest BCUT2D eigenvalue weighted by molar-refractivity contribution is 0.105. The minimum atomic E-state index is -3.63. The number of aromatic nitrogens is 2. The van der Waals surface area contributed by atoms with Crippen molar-refractivity contribution in [2.24, 2.45) is 7.05 Å². The summed E-state index contributed by atoms with van der Waals surface area (Å²) in [5, 5.41) is -0.0152. The fourth-order valence-electron chi connectivity index (χ4n) is 1.87. The highest BCUT2D eigenvalue weighted by Crippen LogP contribution is 2.19. The molecule has 18 heavy (non-hydrogen) atoms. The van der Waals surface area contributed by atoms with Crippen molar-refractivity contribution in [3.8, 4) is 0 Å². The monoisotopic (exact) mass is 293 g/mol. The molecular formula is C10H16ClN3O3S. The number of sulfonamides is 1. The van der Waals surface area contributed by atoms with Crippen molar-refractivity contribution < 1.29 is 13.2 Å². The fourth-order valence-corrected chi connectivity index (χ4v) is 3.34. The zero-order chi connectivity index (χ0) is 13.2. The molecule has 8 heteroatoms. The Kier molecular flexibility index (Phi) is 4.26. The maximum Gasteiger partial charge on any atom is 0.261 e. The van der Waals surface area contributed by atoms with Gasteiger partial charge in [-0.3, -0.25) is 0 Å². The van der Waals surface area contributed by atoms with Crippen LogP contribution in [0.5, 0.6) is 0 Å². The zero-order valence-electron chi connectivity index (χ0n) is 10.1. The standard InChI is InChI=1S/C10H16ClN3O3S/c1-14-7-12-10(9(14)11)18(15,16)13-5-4-8-3-2-6-17-8/h7-8,13H,2-6H2,1H3. The molecule has 1 aliphatic heterocycles. The van der Waals surface area contributed by atoms with E-state index >= 15 is 0 Å². The third-order valence-corrected chi connectivity index (χ3v) is 4.82. The van der Waals surface area contributed by atoms with Crippen molar-refractivity contribution in [1.29, 1.82) is 0 Å². The summed E-state index contributed by atoms with van der Waals surface area (Å²) in [6.07, 6.45) is 4.24. The van der Waals surface area contributed by atoms with Crippen LogP contribution in [0.1, 0.15) is 19.3 Å². The Labute approximate surface area is 111 Å². The molecule has 2 heterocycles.